The van der Waals surface area contributed by atoms with E-state index >= 15 is 0 Å². The van der Waals surface area contributed by atoms with Crippen molar-refractivity contribution in [3.05, 3.63) is 87.4 Å². The van der Waals surface area contributed by atoms with E-state index < -0.39 is 23.6 Å². The molecule has 3 aromatic rings. The number of aryl methyl sites for hydroxylation is 1. The lowest BCUT2D eigenvalue weighted by Gasteiger charge is -2.12. The van der Waals surface area contributed by atoms with Gasteiger partial charge in [0.05, 0.1) is 18.4 Å². The number of hydrogen-bond acceptors (Lipinski definition) is 3. The summed E-state index contributed by atoms with van der Waals surface area (Å²) in [5.74, 6) is -0.968. The highest BCUT2D eigenvalue weighted by molar-refractivity contribution is 9.10. The topological polar surface area (TPSA) is 79.5 Å². The molecule has 166 valence electrons. The highest BCUT2D eigenvalue weighted by atomic mass is 79.9. The van der Waals surface area contributed by atoms with Crippen molar-refractivity contribution in [1.29, 1.82) is 0 Å². The summed E-state index contributed by atoms with van der Waals surface area (Å²) in [5, 5.41) is 7.65. The van der Waals surface area contributed by atoms with Gasteiger partial charge in [0.2, 0.25) is 0 Å². The summed E-state index contributed by atoms with van der Waals surface area (Å²) in [6, 6.07) is 12.9. The maximum Gasteiger partial charge on any atom is 0.319 e. The van der Waals surface area contributed by atoms with Gasteiger partial charge in [0.1, 0.15) is 17.4 Å². The maximum absolute atomic E-state index is 14.4. The van der Waals surface area contributed by atoms with Gasteiger partial charge in [0.25, 0.3) is 5.91 Å². The molecule has 3 N–H and O–H groups in total. The van der Waals surface area contributed by atoms with Crippen LogP contribution in [0.4, 0.5) is 25.0 Å². The number of methoxy groups -OCH3 is 1. The van der Waals surface area contributed by atoms with Gasteiger partial charge in [-0.3, -0.25) is 4.79 Å². The Morgan fingerprint density at radius 3 is 2.34 bits per heavy atom. The molecule has 0 spiro atoms. The molecule has 0 aliphatic heterocycles. The smallest absolute Gasteiger partial charge is 0.319 e. The molecule has 0 saturated heterocycles. The van der Waals surface area contributed by atoms with Crippen LogP contribution in [0.25, 0.3) is 0 Å². The van der Waals surface area contributed by atoms with E-state index in [9.17, 15) is 18.4 Å². The third kappa shape index (κ3) is 5.82. The summed E-state index contributed by atoms with van der Waals surface area (Å²) in [6.07, 6.45) is 0. The second-order valence-electron chi connectivity index (χ2n) is 6.89. The average molecular weight is 504 g/mol. The standard InChI is InChI=1S/C23H20BrF2N3O3/c1-13-9-15(5-8-19(13)25)28-22(30)17-10-21(20(26)11-18(17)24)29-23(31)27-12-14-3-6-16(32-2)7-4-14/h3-11H,12H2,1-2H3,(H,28,30)(H2,27,29,31). The van der Waals surface area contributed by atoms with Crippen molar-refractivity contribution < 1.29 is 23.1 Å². The van der Waals surface area contributed by atoms with Crippen LogP contribution >= 0.6 is 15.9 Å². The van der Waals surface area contributed by atoms with Gasteiger partial charge in [0.15, 0.2) is 0 Å². The highest BCUT2D eigenvalue weighted by Gasteiger charge is 2.17. The number of carbonyl (C=O) groups excluding carboxylic acids is 2. The van der Waals surface area contributed by atoms with Crippen LogP contribution in [-0.2, 0) is 6.54 Å². The lowest BCUT2D eigenvalue weighted by Crippen LogP contribution is -2.28. The fourth-order valence-electron chi connectivity index (χ4n) is 2.83. The number of nitrogens with one attached hydrogen (secondary N) is 3. The Balaban J connectivity index is 1.68. The molecule has 0 saturated carbocycles. The van der Waals surface area contributed by atoms with Crippen LogP contribution in [0, 0.1) is 18.6 Å². The molecule has 0 heterocycles. The molecule has 0 aliphatic rings. The number of benzene rings is 3. The molecule has 3 amide bonds. The summed E-state index contributed by atoms with van der Waals surface area (Å²) in [7, 11) is 1.56. The number of urea groups is 1. The van der Waals surface area contributed by atoms with Gasteiger partial charge in [-0.05, 0) is 76.4 Å². The van der Waals surface area contributed by atoms with Crippen molar-refractivity contribution in [3.8, 4) is 5.75 Å². The fourth-order valence-corrected chi connectivity index (χ4v) is 3.33. The third-order valence-electron chi connectivity index (χ3n) is 4.58. The number of hydrogen-bond donors (Lipinski definition) is 3. The van der Waals surface area contributed by atoms with Gasteiger partial charge in [-0.15, -0.1) is 0 Å². The van der Waals surface area contributed by atoms with Gasteiger partial charge < -0.3 is 20.7 Å². The molecule has 0 bridgehead atoms. The SMILES string of the molecule is COc1ccc(CNC(=O)Nc2cc(C(=O)Nc3ccc(F)c(C)c3)c(Br)cc2F)cc1. The first kappa shape index (κ1) is 23.2. The van der Waals surface area contributed by atoms with Crippen LogP contribution in [0.3, 0.4) is 0 Å². The third-order valence-corrected chi connectivity index (χ3v) is 5.23. The van der Waals surface area contributed by atoms with Gasteiger partial charge in [-0.1, -0.05) is 12.1 Å². The van der Waals surface area contributed by atoms with Crippen molar-refractivity contribution >= 4 is 39.2 Å². The number of amides is 3. The number of rotatable bonds is 6. The molecule has 32 heavy (non-hydrogen) atoms. The first-order chi connectivity index (χ1) is 15.3. The van der Waals surface area contributed by atoms with Crippen LogP contribution in [0.5, 0.6) is 5.75 Å². The minimum absolute atomic E-state index is 0.0961. The number of anilines is 2. The first-order valence-corrected chi connectivity index (χ1v) is 10.3. The van der Waals surface area contributed by atoms with E-state index in [1.807, 2.05) is 0 Å². The summed E-state index contributed by atoms with van der Waals surface area (Å²) in [5.41, 5.74) is 1.51. The van der Waals surface area contributed by atoms with Gasteiger partial charge >= 0.3 is 6.03 Å². The van der Waals surface area contributed by atoms with E-state index in [0.29, 0.717) is 17.0 Å². The minimum Gasteiger partial charge on any atom is -0.497 e. The van der Waals surface area contributed by atoms with Crippen molar-refractivity contribution in [2.45, 2.75) is 13.5 Å². The van der Waals surface area contributed by atoms with E-state index in [2.05, 4.69) is 31.9 Å². The molecule has 0 unspecified atom stereocenters. The highest BCUT2D eigenvalue weighted by Crippen LogP contribution is 2.26. The maximum atomic E-state index is 14.4. The lowest BCUT2D eigenvalue weighted by molar-refractivity contribution is 0.102. The molecule has 3 aromatic carbocycles. The average Bonchev–Trinajstić information content (AvgIpc) is 2.77. The quantitative estimate of drug-likeness (QED) is 0.408. The van der Waals surface area contributed by atoms with Crippen LogP contribution in [0.15, 0.2) is 59.1 Å². The summed E-state index contributed by atoms with van der Waals surface area (Å²) < 4.78 is 33.1. The van der Waals surface area contributed by atoms with Crippen LogP contribution < -0.4 is 20.7 Å². The number of carbonyl (C=O) groups is 2. The van der Waals surface area contributed by atoms with E-state index in [1.54, 1.807) is 38.3 Å². The Bertz CT molecular complexity index is 1150. The zero-order chi connectivity index (χ0) is 23.3. The van der Waals surface area contributed by atoms with E-state index in [4.69, 9.17) is 4.74 Å². The van der Waals surface area contributed by atoms with Gasteiger partial charge in [0, 0.05) is 16.7 Å². The minimum atomic E-state index is -0.717. The molecule has 0 atom stereocenters. The Morgan fingerprint density at radius 1 is 0.969 bits per heavy atom. The van der Waals surface area contributed by atoms with Crippen LogP contribution in [-0.4, -0.2) is 19.0 Å². The molecule has 0 fully saturated rings. The van der Waals surface area contributed by atoms with Crippen molar-refractivity contribution in [2.24, 2.45) is 0 Å². The second-order valence-corrected chi connectivity index (χ2v) is 7.74. The van der Waals surface area contributed by atoms with Crippen molar-refractivity contribution in [1.82, 2.24) is 5.32 Å². The predicted octanol–water partition coefficient (Wildman–Crippen LogP) is 5.62. The largest absolute Gasteiger partial charge is 0.497 e. The van der Waals surface area contributed by atoms with Crippen molar-refractivity contribution in [3.63, 3.8) is 0 Å². The Kier molecular flexibility index (Phi) is 7.42. The molecular formula is C23H20BrF2N3O3. The Morgan fingerprint density at radius 2 is 1.69 bits per heavy atom. The van der Waals surface area contributed by atoms with Gasteiger partial charge in [-0.25, -0.2) is 13.6 Å². The first-order valence-electron chi connectivity index (χ1n) is 9.51. The lowest BCUT2D eigenvalue weighted by atomic mass is 10.1. The zero-order valence-electron chi connectivity index (χ0n) is 17.3. The molecule has 0 aliphatic carbocycles. The predicted molar refractivity (Wildman–Crippen MR) is 122 cm³/mol. The Hall–Kier alpha value is -3.46. The molecule has 0 radical (unpaired) electrons. The molecule has 3 rings (SSSR count). The zero-order valence-corrected chi connectivity index (χ0v) is 18.8. The van der Waals surface area contributed by atoms with E-state index in [1.165, 1.54) is 24.3 Å². The van der Waals surface area contributed by atoms with Crippen molar-refractivity contribution in [2.75, 3.05) is 17.7 Å². The van der Waals surface area contributed by atoms with Crippen LogP contribution in [0.2, 0.25) is 0 Å². The van der Waals surface area contributed by atoms with E-state index in [0.717, 1.165) is 11.6 Å². The second kappa shape index (κ2) is 10.2. The van der Waals surface area contributed by atoms with E-state index in [-0.39, 0.29) is 22.3 Å². The summed E-state index contributed by atoms with van der Waals surface area (Å²) >= 11 is 3.16. The van der Waals surface area contributed by atoms with Gasteiger partial charge in [-0.2, -0.15) is 0 Å². The number of halogens is 3. The monoisotopic (exact) mass is 503 g/mol. The molecule has 6 nitrogen and oxygen atoms in total. The fraction of sp³-hybridized carbons (Fsp3) is 0.130. The molecular weight excluding hydrogens is 484 g/mol. The number of ether oxygens (including phenoxy) is 1. The Labute approximate surface area is 192 Å². The summed E-state index contributed by atoms with van der Waals surface area (Å²) in [4.78, 5) is 24.9. The van der Waals surface area contributed by atoms with Crippen LogP contribution in [0.1, 0.15) is 21.5 Å². The molecule has 0 aromatic heterocycles. The molecule has 9 heteroatoms. The summed E-state index contributed by atoms with van der Waals surface area (Å²) in [6.45, 7) is 1.79. The normalized spacial score (nSPS) is 10.4.